The van der Waals surface area contributed by atoms with Gasteiger partial charge in [-0.1, -0.05) is 44.0 Å². The van der Waals surface area contributed by atoms with Crippen molar-refractivity contribution in [2.24, 2.45) is 5.41 Å². The third-order valence-electron chi connectivity index (χ3n) is 2.16. The summed E-state index contributed by atoms with van der Waals surface area (Å²) in [5.74, 6) is -1.41. The molecule has 1 aromatic carbocycles. The molecule has 6 heteroatoms. The second kappa shape index (κ2) is 6.26. The molecule has 0 unspecified atom stereocenters. The van der Waals surface area contributed by atoms with E-state index < -0.39 is 11.8 Å². The summed E-state index contributed by atoms with van der Waals surface area (Å²) in [7, 11) is 0. The van der Waals surface area contributed by atoms with Crippen molar-refractivity contribution in [3.05, 3.63) is 28.2 Å². The Morgan fingerprint density at radius 2 is 1.74 bits per heavy atom. The summed E-state index contributed by atoms with van der Waals surface area (Å²) < 4.78 is 0. The quantitative estimate of drug-likeness (QED) is 0.825. The van der Waals surface area contributed by atoms with Gasteiger partial charge in [-0.15, -0.1) is 0 Å². The SMILES string of the molecule is CC(C)(C)CNC(=O)C(=O)Nc1ccc(Cl)c(Cl)c1. The predicted octanol–water partition coefficient (Wildman–Crippen LogP) is 3.09. The van der Waals surface area contributed by atoms with Gasteiger partial charge in [-0.3, -0.25) is 9.59 Å². The molecule has 4 nitrogen and oxygen atoms in total. The Hall–Kier alpha value is -1.26. The van der Waals surface area contributed by atoms with E-state index in [1.54, 1.807) is 12.1 Å². The number of hydrogen-bond acceptors (Lipinski definition) is 2. The molecule has 0 atom stereocenters. The van der Waals surface area contributed by atoms with Gasteiger partial charge in [0.25, 0.3) is 0 Å². The molecule has 0 fully saturated rings. The Bertz CT molecular complexity index is 496. The standard InChI is InChI=1S/C13H16Cl2N2O2/c1-13(2,3)7-16-11(18)12(19)17-8-4-5-9(14)10(15)6-8/h4-6H,7H2,1-3H3,(H,16,18)(H,17,19). The van der Waals surface area contributed by atoms with E-state index in [0.717, 1.165) is 0 Å². The van der Waals surface area contributed by atoms with Gasteiger partial charge >= 0.3 is 11.8 Å². The van der Waals surface area contributed by atoms with Gasteiger partial charge in [0.15, 0.2) is 0 Å². The molecule has 0 heterocycles. The number of amides is 2. The molecule has 0 saturated heterocycles. The molecule has 0 aliphatic rings. The Balaban J connectivity index is 2.59. The van der Waals surface area contributed by atoms with E-state index in [1.807, 2.05) is 20.8 Å². The number of hydrogen-bond donors (Lipinski definition) is 2. The number of nitrogens with one attached hydrogen (secondary N) is 2. The van der Waals surface area contributed by atoms with Crippen molar-refractivity contribution in [3.63, 3.8) is 0 Å². The minimum Gasteiger partial charge on any atom is -0.347 e. The summed E-state index contributed by atoms with van der Waals surface area (Å²) >= 11 is 11.6. The van der Waals surface area contributed by atoms with Crippen LogP contribution in [-0.4, -0.2) is 18.4 Å². The molecule has 0 aromatic heterocycles. The van der Waals surface area contributed by atoms with Crippen LogP contribution in [0.1, 0.15) is 20.8 Å². The minimum absolute atomic E-state index is 0.0838. The third-order valence-corrected chi connectivity index (χ3v) is 2.90. The maximum atomic E-state index is 11.6. The van der Waals surface area contributed by atoms with Gasteiger partial charge in [-0.2, -0.15) is 0 Å². The second-order valence-electron chi connectivity index (χ2n) is 5.33. The number of halogens is 2. The molecule has 104 valence electrons. The average molecular weight is 303 g/mol. The van der Waals surface area contributed by atoms with Crippen LogP contribution in [0.5, 0.6) is 0 Å². The van der Waals surface area contributed by atoms with Crippen LogP contribution < -0.4 is 10.6 Å². The summed E-state index contributed by atoms with van der Waals surface area (Å²) in [6.45, 7) is 6.30. The van der Waals surface area contributed by atoms with Gasteiger partial charge < -0.3 is 10.6 Å². The van der Waals surface area contributed by atoms with Crippen molar-refractivity contribution in [1.29, 1.82) is 0 Å². The first-order chi connectivity index (χ1) is 8.69. The predicted molar refractivity (Wildman–Crippen MR) is 77.6 cm³/mol. The Kier molecular flexibility index (Phi) is 5.20. The van der Waals surface area contributed by atoms with E-state index in [9.17, 15) is 9.59 Å². The lowest BCUT2D eigenvalue weighted by Crippen LogP contribution is -2.39. The van der Waals surface area contributed by atoms with Gasteiger partial charge in [-0.25, -0.2) is 0 Å². The Labute approximate surface area is 122 Å². The third kappa shape index (κ3) is 5.49. The van der Waals surface area contributed by atoms with E-state index in [0.29, 0.717) is 22.3 Å². The average Bonchev–Trinajstić information content (AvgIpc) is 2.29. The maximum Gasteiger partial charge on any atom is 0.313 e. The Morgan fingerprint density at radius 3 is 2.26 bits per heavy atom. The zero-order valence-corrected chi connectivity index (χ0v) is 12.5. The first kappa shape index (κ1) is 15.8. The molecule has 1 rings (SSSR count). The maximum absolute atomic E-state index is 11.6. The summed E-state index contributed by atoms with van der Waals surface area (Å²) in [5.41, 5.74) is 0.338. The second-order valence-corrected chi connectivity index (χ2v) is 6.14. The fourth-order valence-electron chi connectivity index (χ4n) is 1.19. The first-order valence-corrected chi connectivity index (χ1v) is 6.49. The van der Waals surface area contributed by atoms with Crippen molar-refractivity contribution in [1.82, 2.24) is 5.32 Å². The number of carbonyl (C=O) groups excluding carboxylic acids is 2. The van der Waals surface area contributed by atoms with Crippen molar-refractivity contribution >= 4 is 40.7 Å². The number of benzene rings is 1. The molecule has 0 bridgehead atoms. The molecule has 2 N–H and O–H groups in total. The molecule has 0 saturated carbocycles. The monoisotopic (exact) mass is 302 g/mol. The highest BCUT2D eigenvalue weighted by Gasteiger charge is 2.17. The lowest BCUT2D eigenvalue weighted by atomic mass is 9.97. The van der Waals surface area contributed by atoms with Crippen molar-refractivity contribution in [2.75, 3.05) is 11.9 Å². The van der Waals surface area contributed by atoms with Gasteiger partial charge in [0.1, 0.15) is 0 Å². The number of rotatable bonds is 2. The lowest BCUT2D eigenvalue weighted by Gasteiger charge is -2.18. The van der Waals surface area contributed by atoms with Gasteiger partial charge in [0, 0.05) is 12.2 Å². The van der Waals surface area contributed by atoms with Crippen LogP contribution in [0.4, 0.5) is 5.69 Å². The van der Waals surface area contributed by atoms with Gasteiger partial charge in [0.05, 0.1) is 10.0 Å². The molecule has 2 amide bonds. The molecule has 0 spiro atoms. The van der Waals surface area contributed by atoms with Crippen LogP contribution in [0.3, 0.4) is 0 Å². The van der Waals surface area contributed by atoms with E-state index in [2.05, 4.69) is 10.6 Å². The molecular formula is C13H16Cl2N2O2. The molecule has 0 aliphatic carbocycles. The van der Waals surface area contributed by atoms with Crippen molar-refractivity contribution < 1.29 is 9.59 Å². The van der Waals surface area contributed by atoms with Gasteiger partial charge in [0.2, 0.25) is 0 Å². The first-order valence-electron chi connectivity index (χ1n) is 5.73. The Morgan fingerprint density at radius 1 is 1.11 bits per heavy atom. The summed E-state index contributed by atoms with van der Waals surface area (Å²) in [5, 5.41) is 5.71. The van der Waals surface area contributed by atoms with Crippen LogP contribution in [0.25, 0.3) is 0 Å². The van der Waals surface area contributed by atoms with Crippen molar-refractivity contribution in [2.45, 2.75) is 20.8 Å². The fourth-order valence-corrected chi connectivity index (χ4v) is 1.49. The summed E-state index contributed by atoms with van der Waals surface area (Å²) in [4.78, 5) is 23.2. The summed E-state index contributed by atoms with van der Waals surface area (Å²) in [6.07, 6.45) is 0. The number of carbonyl (C=O) groups is 2. The normalized spacial score (nSPS) is 11.0. The highest BCUT2D eigenvalue weighted by Crippen LogP contribution is 2.24. The fraction of sp³-hybridized carbons (Fsp3) is 0.385. The smallest absolute Gasteiger partial charge is 0.313 e. The van der Waals surface area contributed by atoms with E-state index in [4.69, 9.17) is 23.2 Å². The highest BCUT2D eigenvalue weighted by molar-refractivity contribution is 6.42. The van der Waals surface area contributed by atoms with E-state index >= 15 is 0 Å². The van der Waals surface area contributed by atoms with Gasteiger partial charge in [-0.05, 0) is 23.6 Å². The van der Waals surface area contributed by atoms with Crippen LogP contribution in [0.2, 0.25) is 10.0 Å². The largest absolute Gasteiger partial charge is 0.347 e. The van der Waals surface area contributed by atoms with Crippen molar-refractivity contribution in [3.8, 4) is 0 Å². The molecule has 0 radical (unpaired) electrons. The van der Waals surface area contributed by atoms with E-state index in [1.165, 1.54) is 6.07 Å². The number of anilines is 1. The molecular weight excluding hydrogens is 287 g/mol. The van der Waals surface area contributed by atoms with Crippen LogP contribution in [-0.2, 0) is 9.59 Å². The summed E-state index contributed by atoms with van der Waals surface area (Å²) in [6, 6.07) is 4.61. The van der Waals surface area contributed by atoms with Crippen LogP contribution in [0.15, 0.2) is 18.2 Å². The lowest BCUT2D eigenvalue weighted by molar-refractivity contribution is -0.136. The molecule has 0 aliphatic heterocycles. The van der Waals surface area contributed by atoms with E-state index in [-0.39, 0.29) is 5.41 Å². The molecule has 1 aromatic rings. The molecule has 19 heavy (non-hydrogen) atoms. The zero-order chi connectivity index (χ0) is 14.6. The van der Waals surface area contributed by atoms with Crippen LogP contribution >= 0.6 is 23.2 Å². The van der Waals surface area contributed by atoms with Crippen LogP contribution in [0, 0.1) is 5.41 Å². The topological polar surface area (TPSA) is 58.2 Å². The highest BCUT2D eigenvalue weighted by atomic mass is 35.5. The zero-order valence-electron chi connectivity index (χ0n) is 11.0. The minimum atomic E-state index is -0.734.